The topological polar surface area (TPSA) is 65.5 Å². The van der Waals surface area contributed by atoms with E-state index in [1.807, 2.05) is 0 Å². The summed E-state index contributed by atoms with van der Waals surface area (Å²) in [5, 5.41) is 0. The molecule has 1 aromatic heterocycles. The van der Waals surface area contributed by atoms with Gasteiger partial charge in [-0.1, -0.05) is 3.89 Å². The summed E-state index contributed by atoms with van der Waals surface area (Å²) in [6, 6.07) is 8.82. The summed E-state index contributed by atoms with van der Waals surface area (Å²) in [5.74, 6) is 0.918. The number of benzene rings is 1. The van der Waals surface area contributed by atoms with Crippen molar-refractivity contribution in [1.82, 2.24) is 4.98 Å². The number of pyridine rings is 1. The van der Waals surface area contributed by atoms with Crippen LogP contribution >= 0.6 is 0 Å². The summed E-state index contributed by atoms with van der Waals surface area (Å²) in [6.07, 6.45) is 3.14. The first kappa shape index (κ1) is 12.3. The molecule has 1 aromatic carbocycles. The molecule has 7 heteroatoms. The monoisotopic (exact) mass is 269 g/mol. The van der Waals surface area contributed by atoms with E-state index < -0.39 is 10.5 Å². The van der Waals surface area contributed by atoms with Crippen molar-refractivity contribution in [3.8, 4) is 17.2 Å². The van der Waals surface area contributed by atoms with E-state index in [4.69, 9.17) is 4.74 Å². The van der Waals surface area contributed by atoms with Gasteiger partial charge in [0.15, 0.2) is 0 Å². The van der Waals surface area contributed by atoms with E-state index in [-0.39, 0.29) is 5.75 Å². The maximum atomic E-state index is 12.2. The van der Waals surface area contributed by atoms with Crippen LogP contribution in [0.4, 0.5) is 3.89 Å². The maximum absolute atomic E-state index is 12.2. The molecule has 0 spiro atoms. The molecular weight excluding hydrogens is 261 g/mol. The number of ether oxygens (including phenoxy) is 1. The number of aromatic nitrogens is 1. The number of rotatable bonds is 4. The van der Waals surface area contributed by atoms with E-state index in [1.54, 1.807) is 24.5 Å². The van der Waals surface area contributed by atoms with E-state index in [0.717, 1.165) is 0 Å². The number of hydrogen-bond donors (Lipinski definition) is 0. The molecule has 0 N–H and O–H groups in total. The number of halogens is 1. The Bertz CT molecular complexity index is 613. The zero-order chi connectivity index (χ0) is 13.0. The smallest absolute Gasteiger partial charge is 0.457 e. The molecule has 0 radical (unpaired) electrons. The van der Waals surface area contributed by atoms with Crippen LogP contribution < -0.4 is 8.92 Å². The van der Waals surface area contributed by atoms with Crippen molar-refractivity contribution in [2.45, 2.75) is 0 Å². The van der Waals surface area contributed by atoms with Gasteiger partial charge < -0.3 is 8.92 Å². The SMILES string of the molecule is O=S(=O)(F)Oc1ccc(Oc2ccncc2)cc1. The minimum absolute atomic E-state index is 0.125. The van der Waals surface area contributed by atoms with Gasteiger partial charge in [0, 0.05) is 12.4 Å². The first-order valence-electron chi connectivity index (χ1n) is 4.85. The molecule has 0 aliphatic heterocycles. The van der Waals surface area contributed by atoms with E-state index in [1.165, 1.54) is 24.3 Å². The van der Waals surface area contributed by atoms with Crippen molar-refractivity contribution in [1.29, 1.82) is 0 Å². The fourth-order valence-electron chi connectivity index (χ4n) is 1.22. The fraction of sp³-hybridized carbons (Fsp3) is 0. The fourth-order valence-corrected chi connectivity index (χ4v) is 1.56. The van der Waals surface area contributed by atoms with E-state index in [9.17, 15) is 12.3 Å². The zero-order valence-electron chi connectivity index (χ0n) is 8.99. The molecule has 0 saturated heterocycles. The lowest BCUT2D eigenvalue weighted by molar-refractivity contribution is 0.438. The summed E-state index contributed by atoms with van der Waals surface area (Å²) in [6.45, 7) is 0. The lowest BCUT2D eigenvalue weighted by atomic mass is 10.3. The molecule has 0 amide bonds. The van der Waals surface area contributed by atoms with Crippen LogP contribution in [-0.4, -0.2) is 13.4 Å². The first-order chi connectivity index (χ1) is 8.53. The second-order valence-electron chi connectivity index (χ2n) is 3.23. The molecule has 0 saturated carbocycles. The van der Waals surface area contributed by atoms with Crippen molar-refractivity contribution in [3.05, 3.63) is 48.8 Å². The predicted octanol–water partition coefficient (Wildman–Crippen LogP) is 2.47. The average Bonchev–Trinajstić information content (AvgIpc) is 2.31. The van der Waals surface area contributed by atoms with E-state index in [0.29, 0.717) is 11.5 Å². The molecule has 18 heavy (non-hydrogen) atoms. The highest BCUT2D eigenvalue weighted by molar-refractivity contribution is 7.81. The Balaban J connectivity index is 2.09. The Morgan fingerprint density at radius 3 is 1.94 bits per heavy atom. The number of nitrogens with zero attached hydrogens (tertiary/aromatic N) is 1. The van der Waals surface area contributed by atoms with Gasteiger partial charge in [-0.25, -0.2) is 0 Å². The Kier molecular flexibility index (Phi) is 3.42. The summed E-state index contributed by atoms with van der Waals surface area (Å²) >= 11 is 0. The van der Waals surface area contributed by atoms with Gasteiger partial charge in [0.2, 0.25) is 0 Å². The third-order valence-corrected chi connectivity index (χ3v) is 2.30. The molecule has 2 aromatic rings. The first-order valence-corrected chi connectivity index (χ1v) is 6.16. The largest absolute Gasteiger partial charge is 0.488 e. The van der Waals surface area contributed by atoms with Gasteiger partial charge in [-0.05, 0) is 36.4 Å². The highest BCUT2D eigenvalue weighted by Gasteiger charge is 2.09. The Morgan fingerprint density at radius 1 is 0.889 bits per heavy atom. The summed E-state index contributed by atoms with van der Waals surface area (Å²) in [4.78, 5) is 3.83. The molecule has 0 atom stereocenters. The highest BCUT2D eigenvalue weighted by atomic mass is 32.3. The molecule has 0 bridgehead atoms. The molecule has 0 aliphatic rings. The van der Waals surface area contributed by atoms with Crippen molar-refractivity contribution in [3.63, 3.8) is 0 Å². The van der Waals surface area contributed by atoms with Crippen LogP contribution in [0.15, 0.2) is 48.8 Å². The Morgan fingerprint density at radius 2 is 1.39 bits per heavy atom. The van der Waals surface area contributed by atoms with Crippen LogP contribution in [-0.2, 0) is 10.5 Å². The summed E-state index contributed by atoms with van der Waals surface area (Å²) in [5.41, 5.74) is 0. The number of hydrogen-bond acceptors (Lipinski definition) is 5. The zero-order valence-corrected chi connectivity index (χ0v) is 9.80. The normalized spacial score (nSPS) is 10.9. The van der Waals surface area contributed by atoms with Crippen LogP contribution in [0, 0.1) is 0 Å². The second-order valence-corrected chi connectivity index (χ2v) is 4.19. The minimum atomic E-state index is -5.00. The van der Waals surface area contributed by atoms with Gasteiger partial charge >= 0.3 is 10.5 Å². The molecule has 0 aliphatic carbocycles. The quantitative estimate of drug-likeness (QED) is 0.798. The van der Waals surface area contributed by atoms with Gasteiger partial charge in [-0.2, -0.15) is 8.42 Å². The van der Waals surface area contributed by atoms with Crippen LogP contribution in [0.1, 0.15) is 0 Å². The van der Waals surface area contributed by atoms with Crippen LogP contribution in [0.5, 0.6) is 17.2 Å². The molecule has 0 fully saturated rings. The summed E-state index contributed by atoms with van der Waals surface area (Å²) < 4.78 is 42.2. The van der Waals surface area contributed by atoms with Gasteiger partial charge in [0.25, 0.3) is 0 Å². The molecular formula is C11H8FNO4S. The third-order valence-electron chi connectivity index (χ3n) is 1.90. The van der Waals surface area contributed by atoms with E-state index in [2.05, 4.69) is 9.17 Å². The Labute approximate surface area is 103 Å². The molecule has 1 heterocycles. The molecule has 5 nitrogen and oxygen atoms in total. The average molecular weight is 269 g/mol. The van der Waals surface area contributed by atoms with Crippen molar-refractivity contribution in [2.75, 3.05) is 0 Å². The predicted molar refractivity (Wildman–Crippen MR) is 61.4 cm³/mol. The van der Waals surface area contributed by atoms with Gasteiger partial charge in [-0.3, -0.25) is 4.98 Å². The van der Waals surface area contributed by atoms with Crippen molar-refractivity contribution in [2.24, 2.45) is 0 Å². The lowest BCUT2D eigenvalue weighted by Gasteiger charge is -2.05. The van der Waals surface area contributed by atoms with Gasteiger partial charge in [-0.15, -0.1) is 0 Å². The van der Waals surface area contributed by atoms with Crippen molar-refractivity contribution >= 4 is 10.5 Å². The maximum Gasteiger partial charge on any atom is 0.488 e. The van der Waals surface area contributed by atoms with Crippen LogP contribution in [0.3, 0.4) is 0 Å². The molecule has 2 rings (SSSR count). The standard InChI is InChI=1S/C11H8FNO4S/c12-18(14,15)17-11-3-1-9(2-4-11)16-10-5-7-13-8-6-10/h1-8H. The van der Waals surface area contributed by atoms with Crippen molar-refractivity contribution < 1.29 is 21.2 Å². The minimum Gasteiger partial charge on any atom is -0.457 e. The highest BCUT2D eigenvalue weighted by Crippen LogP contribution is 2.23. The Hall–Kier alpha value is -2.15. The lowest BCUT2D eigenvalue weighted by Crippen LogP contribution is -2.00. The van der Waals surface area contributed by atoms with Gasteiger partial charge in [0.1, 0.15) is 17.2 Å². The third kappa shape index (κ3) is 3.70. The van der Waals surface area contributed by atoms with Gasteiger partial charge in [0.05, 0.1) is 0 Å². The van der Waals surface area contributed by atoms with Crippen LogP contribution in [0.2, 0.25) is 0 Å². The molecule has 94 valence electrons. The summed E-state index contributed by atoms with van der Waals surface area (Å²) in [7, 11) is -5.00. The van der Waals surface area contributed by atoms with E-state index >= 15 is 0 Å². The molecule has 0 unspecified atom stereocenters. The second kappa shape index (κ2) is 5.01. The van der Waals surface area contributed by atoms with Crippen LogP contribution in [0.25, 0.3) is 0 Å².